The van der Waals surface area contributed by atoms with E-state index in [-0.39, 0.29) is 11.1 Å². The predicted molar refractivity (Wildman–Crippen MR) is 74.7 cm³/mol. The highest BCUT2D eigenvalue weighted by Gasteiger charge is 2.41. The van der Waals surface area contributed by atoms with E-state index in [1.165, 1.54) is 5.69 Å². The van der Waals surface area contributed by atoms with Crippen molar-refractivity contribution in [3.63, 3.8) is 0 Å². The Morgan fingerprint density at radius 1 is 1.06 bits per heavy atom. The Morgan fingerprint density at radius 3 is 2.00 bits per heavy atom. The van der Waals surface area contributed by atoms with Crippen molar-refractivity contribution in [2.75, 3.05) is 18.0 Å². The van der Waals surface area contributed by atoms with Crippen molar-refractivity contribution in [3.05, 3.63) is 29.8 Å². The minimum Gasteiger partial charge on any atom is -0.359 e. The van der Waals surface area contributed by atoms with Gasteiger partial charge in [-0.25, -0.2) is 0 Å². The lowest BCUT2D eigenvalue weighted by Gasteiger charge is -2.54. The van der Waals surface area contributed by atoms with Gasteiger partial charge in [0.1, 0.15) is 0 Å². The van der Waals surface area contributed by atoms with Gasteiger partial charge in [-0.05, 0) is 52.0 Å². The summed E-state index contributed by atoms with van der Waals surface area (Å²) < 4.78 is 0. The summed E-state index contributed by atoms with van der Waals surface area (Å²) in [6.07, 6.45) is 0. The van der Waals surface area contributed by atoms with Crippen LogP contribution in [0.15, 0.2) is 24.3 Å². The monoisotopic (exact) mass is 243 g/mol. The molecule has 18 heavy (non-hydrogen) atoms. The van der Waals surface area contributed by atoms with Gasteiger partial charge >= 0.3 is 0 Å². The molecule has 1 aliphatic heterocycles. The molecule has 0 saturated carbocycles. The topological polar surface area (TPSA) is 39.1 Å². The van der Waals surface area contributed by atoms with Gasteiger partial charge in [0, 0.05) is 29.9 Å². The SMILES string of the molecule is CC1(C)CNCC(C)(C)N1c1ccc(C#N)cc1. The quantitative estimate of drug-likeness (QED) is 0.823. The standard InChI is InChI=1S/C15H21N3/c1-14(2)10-17-11-15(3,4)18(14)13-7-5-12(9-16)6-8-13/h5-8,17H,10-11H2,1-4H3. The van der Waals surface area contributed by atoms with Crippen molar-refractivity contribution >= 4 is 5.69 Å². The normalized spacial score (nSPS) is 21.4. The van der Waals surface area contributed by atoms with Gasteiger partial charge in [-0.1, -0.05) is 0 Å². The van der Waals surface area contributed by atoms with Crippen molar-refractivity contribution < 1.29 is 0 Å². The molecule has 0 radical (unpaired) electrons. The van der Waals surface area contributed by atoms with Crippen LogP contribution < -0.4 is 10.2 Å². The van der Waals surface area contributed by atoms with Crippen LogP contribution in [-0.2, 0) is 0 Å². The first-order chi connectivity index (χ1) is 8.37. The van der Waals surface area contributed by atoms with Crippen molar-refractivity contribution in [2.24, 2.45) is 0 Å². The van der Waals surface area contributed by atoms with Crippen LogP contribution in [0.2, 0.25) is 0 Å². The molecule has 0 spiro atoms. The first-order valence-corrected chi connectivity index (χ1v) is 6.38. The molecule has 96 valence electrons. The van der Waals surface area contributed by atoms with Crippen LogP contribution in [0, 0.1) is 11.3 Å². The summed E-state index contributed by atoms with van der Waals surface area (Å²) >= 11 is 0. The summed E-state index contributed by atoms with van der Waals surface area (Å²) in [6.45, 7) is 10.9. The molecule has 1 aromatic carbocycles. The number of nitriles is 1. The summed E-state index contributed by atoms with van der Waals surface area (Å²) in [4.78, 5) is 2.46. The maximum atomic E-state index is 8.87. The van der Waals surface area contributed by atoms with Crippen molar-refractivity contribution in [1.29, 1.82) is 5.26 Å². The lowest BCUT2D eigenvalue weighted by molar-refractivity contribution is 0.263. The first-order valence-electron chi connectivity index (χ1n) is 6.38. The second-order valence-electron chi connectivity index (χ2n) is 6.22. The third kappa shape index (κ3) is 2.21. The number of nitrogens with zero attached hydrogens (tertiary/aromatic N) is 2. The van der Waals surface area contributed by atoms with E-state index >= 15 is 0 Å². The molecular formula is C15H21N3. The molecule has 0 bridgehead atoms. The van der Waals surface area contributed by atoms with Crippen LogP contribution in [0.3, 0.4) is 0 Å². The molecule has 1 aliphatic rings. The van der Waals surface area contributed by atoms with Gasteiger partial charge in [0.25, 0.3) is 0 Å². The molecule has 0 unspecified atom stereocenters. The number of hydrogen-bond acceptors (Lipinski definition) is 3. The summed E-state index contributed by atoms with van der Waals surface area (Å²) in [6, 6.07) is 10.1. The summed E-state index contributed by atoms with van der Waals surface area (Å²) in [5.74, 6) is 0. The average molecular weight is 243 g/mol. The molecule has 3 heteroatoms. The number of nitrogens with one attached hydrogen (secondary N) is 1. The zero-order valence-electron chi connectivity index (χ0n) is 11.6. The first kappa shape index (κ1) is 12.9. The highest BCUT2D eigenvalue weighted by Crippen LogP contribution is 2.34. The maximum Gasteiger partial charge on any atom is 0.0991 e. The minimum atomic E-state index is 0.0654. The molecular weight excluding hydrogens is 222 g/mol. The molecule has 1 saturated heterocycles. The molecule has 0 amide bonds. The summed E-state index contributed by atoms with van der Waals surface area (Å²) in [5, 5.41) is 12.4. The van der Waals surface area contributed by atoms with Crippen LogP contribution in [-0.4, -0.2) is 24.2 Å². The van der Waals surface area contributed by atoms with Crippen LogP contribution in [0.4, 0.5) is 5.69 Å². The summed E-state index contributed by atoms with van der Waals surface area (Å²) in [5.41, 5.74) is 2.03. The Bertz CT molecular complexity index is 450. The number of piperazine rings is 1. The van der Waals surface area contributed by atoms with E-state index in [1.54, 1.807) is 0 Å². The molecule has 0 aliphatic carbocycles. The Balaban J connectivity index is 2.41. The Labute approximate surface area is 109 Å². The van der Waals surface area contributed by atoms with E-state index in [1.807, 2.05) is 24.3 Å². The van der Waals surface area contributed by atoms with Gasteiger partial charge in [0.15, 0.2) is 0 Å². The fourth-order valence-electron chi connectivity index (χ4n) is 3.04. The molecule has 0 aromatic heterocycles. The molecule has 3 nitrogen and oxygen atoms in total. The van der Waals surface area contributed by atoms with Crippen molar-refractivity contribution in [2.45, 2.75) is 38.8 Å². The Morgan fingerprint density at radius 2 is 1.56 bits per heavy atom. The zero-order chi connectivity index (χ0) is 13.4. The molecule has 1 fully saturated rings. The third-order valence-electron chi connectivity index (χ3n) is 3.58. The smallest absolute Gasteiger partial charge is 0.0991 e. The van der Waals surface area contributed by atoms with E-state index in [2.05, 4.69) is 44.0 Å². The van der Waals surface area contributed by atoms with Crippen LogP contribution in [0.1, 0.15) is 33.3 Å². The van der Waals surface area contributed by atoms with Gasteiger partial charge in [0.05, 0.1) is 11.6 Å². The van der Waals surface area contributed by atoms with E-state index in [9.17, 15) is 0 Å². The molecule has 1 heterocycles. The number of hydrogen-bond donors (Lipinski definition) is 1. The van der Waals surface area contributed by atoms with Gasteiger partial charge in [0.2, 0.25) is 0 Å². The maximum absolute atomic E-state index is 8.87. The van der Waals surface area contributed by atoms with E-state index in [4.69, 9.17) is 5.26 Å². The largest absolute Gasteiger partial charge is 0.359 e. The lowest BCUT2D eigenvalue weighted by atomic mass is 9.88. The minimum absolute atomic E-state index is 0.0654. The number of benzene rings is 1. The van der Waals surface area contributed by atoms with Gasteiger partial charge in [-0.2, -0.15) is 5.26 Å². The van der Waals surface area contributed by atoms with Crippen molar-refractivity contribution in [3.8, 4) is 6.07 Å². The van der Waals surface area contributed by atoms with Crippen LogP contribution in [0.25, 0.3) is 0 Å². The molecule has 2 rings (SSSR count). The van der Waals surface area contributed by atoms with Gasteiger partial charge in [-0.3, -0.25) is 0 Å². The van der Waals surface area contributed by atoms with Crippen molar-refractivity contribution in [1.82, 2.24) is 5.32 Å². The Hall–Kier alpha value is -1.53. The van der Waals surface area contributed by atoms with E-state index in [0.29, 0.717) is 5.56 Å². The second kappa shape index (κ2) is 4.29. The van der Waals surface area contributed by atoms with Gasteiger partial charge in [-0.15, -0.1) is 0 Å². The fourth-order valence-corrected chi connectivity index (χ4v) is 3.04. The highest BCUT2D eigenvalue weighted by atomic mass is 15.3. The number of rotatable bonds is 1. The van der Waals surface area contributed by atoms with Crippen LogP contribution in [0.5, 0.6) is 0 Å². The van der Waals surface area contributed by atoms with E-state index in [0.717, 1.165) is 13.1 Å². The van der Waals surface area contributed by atoms with E-state index < -0.39 is 0 Å². The fraction of sp³-hybridized carbons (Fsp3) is 0.533. The molecule has 1 aromatic rings. The summed E-state index contributed by atoms with van der Waals surface area (Å²) in [7, 11) is 0. The van der Waals surface area contributed by atoms with Gasteiger partial charge < -0.3 is 10.2 Å². The highest BCUT2D eigenvalue weighted by molar-refractivity contribution is 5.54. The molecule has 1 N–H and O–H groups in total. The zero-order valence-corrected chi connectivity index (χ0v) is 11.6. The second-order valence-corrected chi connectivity index (χ2v) is 6.22. The van der Waals surface area contributed by atoms with Crippen LogP contribution >= 0.6 is 0 Å². The third-order valence-corrected chi connectivity index (χ3v) is 3.58. The number of anilines is 1. The predicted octanol–water partition coefficient (Wildman–Crippen LogP) is 2.53. The molecule has 0 atom stereocenters. The lowest BCUT2D eigenvalue weighted by Crippen LogP contribution is -2.68. The average Bonchev–Trinajstić information content (AvgIpc) is 2.27. The Kier molecular flexibility index (Phi) is 3.08.